The Morgan fingerprint density at radius 1 is 1.00 bits per heavy atom. The molecule has 2 heterocycles. The SMILES string of the molecule is Cc1cc(Oc2ncccn2)ccc1NC(=O)c1ccc(NS(=O)(=O)c2cccs2)cc1. The summed E-state index contributed by atoms with van der Waals surface area (Å²) in [7, 11) is -3.64. The van der Waals surface area contributed by atoms with E-state index in [-0.39, 0.29) is 16.1 Å². The molecule has 2 aromatic carbocycles. The van der Waals surface area contributed by atoms with Gasteiger partial charge in [0.15, 0.2) is 0 Å². The molecule has 2 aromatic heterocycles. The molecule has 0 spiro atoms. The minimum Gasteiger partial charge on any atom is -0.424 e. The summed E-state index contributed by atoms with van der Waals surface area (Å²) < 4.78 is 32.9. The van der Waals surface area contributed by atoms with E-state index in [0.717, 1.165) is 16.9 Å². The van der Waals surface area contributed by atoms with E-state index >= 15 is 0 Å². The maximum Gasteiger partial charge on any atom is 0.321 e. The lowest BCUT2D eigenvalue weighted by Crippen LogP contribution is -2.14. The number of aryl methyl sites for hydroxylation is 1. The van der Waals surface area contributed by atoms with E-state index in [9.17, 15) is 13.2 Å². The van der Waals surface area contributed by atoms with E-state index in [2.05, 4.69) is 20.0 Å². The van der Waals surface area contributed by atoms with Crippen molar-refractivity contribution < 1.29 is 17.9 Å². The monoisotopic (exact) mass is 466 g/mol. The number of hydrogen-bond donors (Lipinski definition) is 2. The van der Waals surface area contributed by atoms with Crippen molar-refractivity contribution in [3.05, 3.63) is 89.6 Å². The van der Waals surface area contributed by atoms with E-state index in [0.29, 0.717) is 22.7 Å². The maximum absolute atomic E-state index is 12.6. The Hall–Kier alpha value is -3.76. The number of carbonyl (C=O) groups excluding carboxylic acids is 1. The average molecular weight is 467 g/mol. The van der Waals surface area contributed by atoms with Crippen LogP contribution in [0.15, 0.2) is 82.6 Å². The van der Waals surface area contributed by atoms with Crippen LogP contribution in [0.4, 0.5) is 11.4 Å². The number of rotatable bonds is 7. The second-order valence-corrected chi connectivity index (χ2v) is 9.54. The molecule has 0 saturated heterocycles. The topological polar surface area (TPSA) is 110 Å². The Balaban J connectivity index is 1.41. The largest absolute Gasteiger partial charge is 0.424 e. The fourth-order valence-corrected chi connectivity index (χ4v) is 4.84. The molecule has 4 aromatic rings. The molecule has 0 aliphatic heterocycles. The maximum atomic E-state index is 12.6. The van der Waals surface area contributed by atoms with Gasteiger partial charge in [-0.2, -0.15) is 0 Å². The summed E-state index contributed by atoms with van der Waals surface area (Å²) in [4.78, 5) is 20.7. The predicted molar refractivity (Wildman–Crippen MR) is 123 cm³/mol. The van der Waals surface area contributed by atoms with Crippen molar-refractivity contribution in [3.8, 4) is 11.8 Å². The minimum absolute atomic E-state index is 0.223. The van der Waals surface area contributed by atoms with Crippen molar-refractivity contribution in [2.24, 2.45) is 0 Å². The Labute approximate surface area is 189 Å². The molecular weight excluding hydrogens is 448 g/mol. The summed E-state index contributed by atoms with van der Waals surface area (Å²) in [6.45, 7) is 1.84. The molecular formula is C22H18N4O4S2. The van der Waals surface area contributed by atoms with Gasteiger partial charge < -0.3 is 10.1 Å². The quantitative estimate of drug-likeness (QED) is 0.409. The van der Waals surface area contributed by atoms with E-state index in [1.54, 1.807) is 72.4 Å². The van der Waals surface area contributed by atoms with Crippen molar-refractivity contribution in [3.63, 3.8) is 0 Å². The van der Waals surface area contributed by atoms with Gasteiger partial charge in [0, 0.05) is 29.3 Å². The van der Waals surface area contributed by atoms with Crippen LogP contribution in [0.3, 0.4) is 0 Å². The first-order chi connectivity index (χ1) is 15.4. The number of amides is 1. The molecule has 10 heteroatoms. The highest BCUT2D eigenvalue weighted by Gasteiger charge is 2.15. The lowest BCUT2D eigenvalue weighted by Gasteiger charge is -2.11. The first-order valence-electron chi connectivity index (χ1n) is 9.44. The number of aromatic nitrogens is 2. The molecule has 1 amide bonds. The number of anilines is 2. The summed E-state index contributed by atoms with van der Waals surface area (Å²) in [5.74, 6) is 0.231. The van der Waals surface area contributed by atoms with Crippen LogP contribution in [0, 0.1) is 6.92 Å². The van der Waals surface area contributed by atoms with Gasteiger partial charge in [-0.25, -0.2) is 18.4 Å². The summed E-state index contributed by atoms with van der Waals surface area (Å²) in [5.41, 5.74) is 2.18. The van der Waals surface area contributed by atoms with Crippen LogP contribution in [-0.4, -0.2) is 24.3 Å². The lowest BCUT2D eigenvalue weighted by molar-refractivity contribution is 0.102. The van der Waals surface area contributed by atoms with E-state index in [1.807, 2.05) is 6.92 Å². The fraction of sp³-hybridized carbons (Fsp3) is 0.0455. The van der Waals surface area contributed by atoms with Crippen molar-refractivity contribution in [1.82, 2.24) is 9.97 Å². The van der Waals surface area contributed by atoms with Crippen molar-refractivity contribution >= 4 is 38.6 Å². The van der Waals surface area contributed by atoms with Gasteiger partial charge in [-0.05, 0) is 72.5 Å². The van der Waals surface area contributed by atoms with Gasteiger partial charge in [0.25, 0.3) is 15.9 Å². The van der Waals surface area contributed by atoms with Crippen LogP contribution in [0.2, 0.25) is 0 Å². The van der Waals surface area contributed by atoms with Gasteiger partial charge in [-0.15, -0.1) is 11.3 Å². The van der Waals surface area contributed by atoms with E-state index < -0.39 is 10.0 Å². The number of benzene rings is 2. The first-order valence-corrected chi connectivity index (χ1v) is 11.8. The molecule has 32 heavy (non-hydrogen) atoms. The Morgan fingerprint density at radius 3 is 2.41 bits per heavy atom. The molecule has 0 aliphatic rings. The molecule has 0 unspecified atom stereocenters. The summed E-state index contributed by atoms with van der Waals surface area (Å²) >= 11 is 1.13. The van der Waals surface area contributed by atoms with E-state index in [1.165, 1.54) is 6.07 Å². The smallest absolute Gasteiger partial charge is 0.321 e. The fourth-order valence-electron chi connectivity index (χ4n) is 2.79. The summed E-state index contributed by atoms with van der Waals surface area (Å²) in [6.07, 6.45) is 3.17. The van der Waals surface area contributed by atoms with Crippen LogP contribution < -0.4 is 14.8 Å². The minimum atomic E-state index is -3.64. The number of hydrogen-bond acceptors (Lipinski definition) is 7. The lowest BCUT2D eigenvalue weighted by atomic mass is 10.1. The third-order valence-corrected chi connectivity index (χ3v) is 7.14. The molecule has 0 bridgehead atoms. The zero-order valence-electron chi connectivity index (χ0n) is 16.8. The molecule has 0 fully saturated rings. The molecule has 2 N–H and O–H groups in total. The van der Waals surface area contributed by atoms with Gasteiger partial charge in [-0.1, -0.05) is 6.07 Å². The first kappa shape index (κ1) is 21.5. The van der Waals surface area contributed by atoms with Crippen LogP contribution in [-0.2, 0) is 10.0 Å². The van der Waals surface area contributed by atoms with Crippen molar-refractivity contribution in [1.29, 1.82) is 0 Å². The molecule has 0 radical (unpaired) electrons. The van der Waals surface area contributed by atoms with Crippen LogP contribution in [0.25, 0.3) is 0 Å². The van der Waals surface area contributed by atoms with Gasteiger partial charge in [0.1, 0.15) is 9.96 Å². The Morgan fingerprint density at radius 2 is 1.75 bits per heavy atom. The summed E-state index contributed by atoms with van der Waals surface area (Å²) in [5, 5.41) is 4.54. The normalized spacial score (nSPS) is 11.0. The van der Waals surface area contributed by atoms with Gasteiger partial charge in [-0.3, -0.25) is 9.52 Å². The average Bonchev–Trinajstić information content (AvgIpc) is 3.33. The summed E-state index contributed by atoms with van der Waals surface area (Å²) in [6, 6.07) is 16.5. The second-order valence-electron chi connectivity index (χ2n) is 6.68. The van der Waals surface area contributed by atoms with Crippen LogP contribution in [0.5, 0.6) is 11.8 Å². The Kier molecular flexibility index (Phi) is 6.15. The highest BCUT2D eigenvalue weighted by atomic mass is 32.2. The van der Waals surface area contributed by atoms with E-state index in [4.69, 9.17) is 4.74 Å². The molecule has 0 atom stereocenters. The van der Waals surface area contributed by atoms with Crippen LogP contribution >= 0.6 is 11.3 Å². The second kappa shape index (κ2) is 9.16. The number of thiophene rings is 1. The van der Waals surface area contributed by atoms with Gasteiger partial charge in [0.2, 0.25) is 0 Å². The van der Waals surface area contributed by atoms with Crippen molar-refractivity contribution in [2.45, 2.75) is 11.1 Å². The highest BCUT2D eigenvalue weighted by Crippen LogP contribution is 2.25. The third kappa shape index (κ3) is 5.10. The molecule has 0 saturated carbocycles. The molecule has 8 nitrogen and oxygen atoms in total. The number of nitrogens with zero attached hydrogens (tertiary/aromatic N) is 2. The van der Waals surface area contributed by atoms with Gasteiger partial charge in [0.05, 0.1) is 0 Å². The van der Waals surface area contributed by atoms with Crippen molar-refractivity contribution in [2.75, 3.05) is 10.0 Å². The van der Waals surface area contributed by atoms with Gasteiger partial charge >= 0.3 is 6.01 Å². The molecule has 162 valence electrons. The predicted octanol–water partition coefficient (Wildman–Crippen LogP) is 4.69. The highest BCUT2D eigenvalue weighted by molar-refractivity contribution is 7.94. The number of sulfonamides is 1. The number of nitrogens with one attached hydrogen (secondary N) is 2. The standard InChI is InChI=1S/C22H18N4O4S2/c1-15-14-18(30-22-23-11-3-12-24-22)9-10-19(15)25-21(27)16-5-7-17(8-6-16)26-32(28,29)20-4-2-13-31-20/h2-14,26H,1H3,(H,25,27). The Bertz CT molecular complexity index is 1320. The number of carbonyl (C=O) groups is 1. The zero-order chi connectivity index (χ0) is 22.6. The number of ether oxygens (including phenoxy) is 1. The zero-order valence-corrected chi connectivity index (χ0v) is 18.5. The molecule has 0 aliphatic carbocycles. The van der Waals surface area contributed by atoms with Crippen LogP contribution in [0.1, 0.15) is 15.9 Å². The molecule has 4 rings (SSSR count). The third-order valence-electron chi connectivity index (χ3n) is 4.36.